The lowest BCUT2D eigenvalue weighted by molar-refractivity contribution is 0.352. The van der Waals surface area contributed by atoms with Gasteiger partial charge in [-0.05, 0) is 32.0 Å². The molecule has 1 fully saturated rings. The van der Waals surface area contributed by atoms with Gasteiger partial charge in [0.25, 0.3) is 0 Å². The predicted octanol–water partition coefficient (Wildman–Crippen LogP) is 2.05. The van der Waals surface area contributed by atoms with E-state index in [-0.39, 0.29) is 5.69 Å². The summed E-state index contributed by atoms with van der Waals surface area (Å²) >= 11 is 0. The van der Waals surface area contributed by atoms with E-state index in [1.807, 2.05) is 0 Å². The number of halogens is 2. The van der Waals surface area contributed by atoms with Gasteiger partial charge in [-0.25, -0.2) is 8.78 Å². The Morgan fingerprint density at radius 3 is 2.65 bits per heavy atom. The van der Waals surface area contributed by atoms with Crippen molar-refractivity contribution in [2.24, 2.45) is 0 Å². The van der Waals surface area contributed by atoms with Crippen molar-refractivity contribution in [3.8, 4) is 0 Å². The lowest BCUT2D eigenvalue weighted by atomic mass is 10.2. The van der Waals surface area contributed by atoms with Crippen molar-refractivity contribution in [2.45, 2.75) is 12.8 Å². The third kappa shape index (κ3) is 3.06. The molecular formula is C12H17F2N3. The SMILES string of the molecule is Nc1c(F)cc(F)cc1NCCN1CCCC1. The van der Waals surface area contributed by atoms with Gasteiger partial charge in [-0.2, -0.15) is 0 Å². The zero-order valence-corrected chi connectivity index (χ0v) is 9.68. The minimum absolute atomic E-state index is 0.0205. The van der Waals surface area contributed by atoms with Crippen molar-refractivity contribution in [1.29, 1.82) is 0 Å². The summed E-state index contributed by atoms with van der Waals surface area (Å²) < 4.78 is 26.1. The standard InChI is InChI=1S/C12H17F2N3/c13-9-7-10(14)12(15)11(8-9)16-3-6-17-4-1-2-5-17/h7-8,16H,1-6,15H2. The molecule has 3 nitrogen and oxygen atoms in total. The molecule has 1 aromatic carbocycles. The predicted molar refractivity (Wildman–Crippen MR) is 64.9 cm³/mol. The van der Waals surface area contributed by atoms with Gasteiger partial charge in [0, 0.05) is 19.2 Å². The monoisotopic (exact) mass is 241 g/mol. The summed E-state index contributed by atoms with van der Waals surface area (Å²) in [6, 6.07) is 2.02. The number of nitrogens with two attached hydrogens (primary N) is 1. The topological polar surface area (TPSA) is 41.3 Å². The van der Waals surface area contributed by atoms with E-state index in [9.17, 15) is 8.78 Å². The Kier molecular flexibility index (Phi) is 3.78. The fourth-order valence-electron chi connectivity index (χ4n) is 2.09. The second-order valence-electron chi connectivity index (χ2n) is 4.32. The van der Waals surface area contributed by atoms with Crippen LogP contribution in [0.2, 0.25) is 0 Å². The van der Waals surface area contributed by atoms with Crippen LogP contribution < -0.4 is 11.1 Å². The molecule has 0 saturated carbocycles. The van der Waals surface area contributed by atoms with Gasteiger partial charge in [-0.15, -0.1) is 0 Å². The number of nitrogens with zero attached hydrogens (tertiary/aromatic N) is 1. The summed E-state index contributed by atoms with van der Waals surface area (Å²) in [4.78, 5) is 2.32. The molecule has 0 aliphatic carbocycles. The average molecular weight is 241 g/mol. The van der Waals surface area contributed by atoms with Gasteiger partial charge < -0.3 is 16.0 Å². The Balaban J connectivity index is 1.89. The van der Waals surface area contributed by atoms with Gasteiger partial charge in [-0.3, -0.25) is 0 Å². The van der Waals surface area contributed by atoms with Crippen LogP contribution in [-0.2, 0) is 0 Å². The molecule has 1 aliphatic heterocycles. The normalized spacial score (nSPS) is 16.4. The highest BCUT2D eigenvalue weighted by molar-refractivity contribution is 5.66. The first-order valence-electron chi connectivity index (χ1n) is 5.87. The Morgan fingerprint density at radius 1 is 1.24 bits per heavy atom. The zero-order chi connectivity index (χ0) is 12.3. The number of anilines is 2. The average Bonchev–Trinajstić information content (AvgIpc) is 2.78. The van der Waals surface area contributed by atoms with E-state index in [1.54, 1.807) is 0 Å². The van der Waals surface area contributed by atoms with Crippen LogP contribution in [-0.4, -0.2) is 31.1 Å². The third-order valence-corrected chi connectivity index (χ3v) is 3.04. The fourth-order valence-corrected chi connectivity index (χ4v) is 2.09. The van der Waals surface area contributed by atoms with Gasteiger partial charge in [0.05, 0.1) is 11.4 Å². The summed E-state index contributed by atoms with van der Waals surface area (Å²) in [5.41, 5.74) is 5.84. The van der Waals surface area contributed by atoms with Crippen LogP contribution in [0, 0.1) is 11.6 Å². The highest BCUT2D eigenvalue weighted by atomic mass is 19.1. The van der Waals surface area contributed by atoms with Crippen molar-refractivity contribution >= 4 is 11.4 Å². The molecule has 2 rings (SSSR count). The smallest absolute Gasteiger partial charge is 0.151 e. The van der Waals surface area contributed by atoms with E-state index < -0.39 is 11.6 Å². The molecule has 1 aliphatic rings. The van der Waals surface area contributed by atoms with Crippen LogP contribution in [0.5, 0.6) is 0 Å². The number of hydrogen-bond donors (Lipinski definition) is 2. The molecule has 5 heteroatoms. The van der Waals surface area contributed by atoms with E-state index in [0.29, 0.717) is 12.2 Å². The van der Waals surface area contributed by atoms with E-state index in [4.69, 9.17) is 5.73 Å². The molecule has 0 unspecified atom stereocenters. The Hall–Kier alpha value is -1.36. The van der Waals surface area contributed by atoms with E-state index in [2.05, 4.69) is 10.2 Å². The van der Waals surface area contributed by atoms with Crippen LogP contribution in [0.1, 0.15) is 12.8 Å². The summed E-state index contributed by atoms with van der Waals surface area (Å²) in [6.45, 7) is 3.73. The quantitative estimate of drug-likeness (QED) is 0.793. The van der Waals surface area contributed by atoms with Crippen molar-refractivity contribution in [3.05, 3.63) is 23.8 Å². The third-order valence-electron chi connectivity index (χ3n) is 3.04. The van der Waals surface area contributed by atoms with Crippen LogP contribution in [0.15, 0.2) is 12.1 Å². The largest absolute Gasteiger partial charge is 0.395 e. The Bertz CT molecular complexity index is 390. The lowest BCUT2D eigenvalue weighted by Crippen LogP contribution is -2.26. The van der Waals surface area contributed by atoms with Crippen molar-refractivity contribution in [2.75, 3.05) is 37.2 Å². The molecule has 1 aromatic rings. The minimum Gasteiger partial charge on any atom is -0.395 e. The first-order valence-corrected chi connectivity index (χ1v) is 5.87. The highest BCUT2D eigenvalue weighted by Crippen LogP contribution is 2.23. The summed E-state index contributed by atoms with van der Waals surface area (Å²) in [6.07, 6.45) is 2.47. The molecule has 0 radical (unpaired) electrons. The van der Waals surface area contributed by atoms with Crippen molar-refractivity contribution in [1.82, 2.24) is 4.90 Å². The number of nitrogen functional groups attached to an aromatic ring is 1. The molecule has 3 N–H and O–H groups in total. The van der Waals surface area contributed by atoms with E-state index >= 15 is 0 Å². The summed E-state index contributed by atoms with van der Waals surface area (Å²) in [5, 5.41) is 2.97. The Labute approximate surface area is 99.6 Å². The molecule has 0 bridgehead atoms. The van der Waals surface area contributed by atoms with Crippen molar-refractivity contribution in [3.63, 3.8) is 0 Å². The zero-order valence-electron chi connectivity index (χ0n) is 9.68. The van der Waals surface area contributed by atoms with Gasteiger partial charge in [0.2, 0.25) is 0 Å². The highest BCUT2D eigenvalue weighted by Gasteiger charge is 2.11. The van der Waals surface area contributed by atoms with Crippen LogP contribution >= 0.6 is 0 Å². The van der Waals surface area contributed by atoms with Crippen LogP contribution in [0.3, 0.4) is 0 Å². The minimum atomic E-state index is -0.714. The molecule has 0 atom stereocenters. The first kappa shape index (κ1) is 12.1. The molecule has 0 amide bonds. The van der Waals surface area contributed by atoms with Gasteiger partial charge >= 0.3 is 0 Å². The van der Waals surface area contributed by atoms with E-state index in [0.717, 1.165) is 25.7 Å². The second kappa shape index (κ2) is 5.31. The molecule has 1 saturated heterocycles. The van der Waals surface area contributed by atoms with E-state index in [1.165, 1.54) is 18.9 Å². The number of nitrogens with one attached hydrogen (secondary N) is 1. The van der Waals surface area contributed by atoms with Crippen LogP contribution in [0.25, 0.3) is 0 Å². The fraction of sp³-hybridized carbons (Fsp3) is 0.500. The van der Waals surface area contributed by atoms with Crippen LogP contribution in [0.4, 0.5) is 20.2 Å². The molecule has 0 aromatic heterocycles. The molecular weight excluding hydrogens is 224 g/mol. The Morgan fingerprint density at radius 2 is 1.94 bits per heavy atom. The number of hydrogen-bond acceptors (Lipinski definition) is 3. The number of likely N-dealkylation sites (tertiary alicyclic amines) is 1. The molecule has 1 heterocycles. The maximum atomic E-state index is 13.2. The number of benzene rings is 1. The maximum absolute atomic E-state index is 13.2. The van der Waals surface area contributed by atoms with Gasteiger partial charge in [0.1, 0.15) is 5.82 Å². The maximum Gasteiger partial charge on any atom is 0.151 e. The summed E-state index contributed by atoms with van der Waals surface area (Å²) in [5.74, 6) is -1.32. The van der Waals surface area contributed by atoms with Gasteiger partial charge in [0.15, 0.2) is 5.82 Å². The van der Waals surface area contributed by atoms with Gasteiger partial charge in [-0.1, -0.05) is 0 Å². The first-order chi connectivity index (χ1) is 8.16. The molecule has 17 heavy (non-hydrogen) atoms. The second-order valence-corrected chi connectivity index (χ2v) is 4.32. The molecule has 0 spiro atoms. The van der Waals surface area contributed by atoms with Crippen molar-refractivity contribution < 1.29 is 8.78 Å². The molecule has 94 valence electrons. The number of rotatable bonds is 4. The summed E-state index contributed by atoms with van der Waals surface area (Å²) in [7, 11) is 0. The lowest BCUT2D eigenvalue weighted by Gasteiger charge is -2.16.